The fourth-order valence-corrected chi connectivity index (χ4v) is 3.57. The molecule has 0 aliphatic rings. The number of carbonyl (C=O) groups is 1. The number of methoxy groups -OCH3 is 1. The summed E-state index contributed by atoms with van der Waals surface area (Å²) in [4.78, 5) is 27.4. The van der Waals surface area contributed by atoms with E-state index < -0.39 is 0 Å². The lowest BCUT2D eigenvalue weighted by molar-refractivity contribution is -0.114. The number of aromatic nitrogens is 4. The molecular formula is C23H19N5O2. The molecule has 7 heteroatoms. The minimum atomic E-state index is -0.114. The van der Waals surface area contributed by atoms with Crippen molar-refractivity contribution in [3.8, 4) is 28.3 Å². The van der Waals surface area contributed by atoms with Gasteiger partial charge in [0.1, 0.15) is 11.3 Å². The van der Waals surface area contributed by atoms with Gasteiger partial charge >= 0.3 is 0 Å². The Bertz CT molecular complexity index is 1400. The first-order chi connectivity index (χ1) is 14.6. The molecule has 0 fully saturated rings. The SMILES string of the molecule is COc1ccc2cc(-c3c[nH]c4ncc(-c5cccc(NC(C)=O)c5)nc34)[nH]c2c1. The van der Waals surface area contributed by atoms with Gasteiger partial charge in [-0.3, -0.25) is 4.79 Å². The zero-order valence-corrected chi connectivity index (χ0v) is 16.5. The summed E-state index contributed by atoms with van der Waals surface area (Å²) in [5.41, 5.74) is 6.69. The number of carbonyl (C=O) groups excluding carboxylic acids is 1. The van der Waals surface area contributed by atoms with Gasteiger partial charge in [-0.15, -0.1) is 0 Å². The van der Waals surface area contributed by atoms with Gasteiger partial charge in [-0.1, -0.05) is 12.1 Å². The fourth-order valence-electron chi connectivity index (χ4n) is 3.57. The molecule has 2 aromatic carbocycles. The average molecular weight is 397 g/mol. The molecule has 3 heterocycles. The Labute approximate surface area is 172 Å². The van der Waals surface area contributed by atoms with Gasteiger partial charge in [-0.05, 0) is 30.3 Å². The van der Waals surface area contributed by atoms with Crippen molar-refractivity contribution < 1.29 is 9.53 Å². The molecule has 5 aromatic rings. The standard InChI is InChI=1S/C23H19N5O2/c1-13(29)26-16-5-3-4-14(8-16)21-12-25-23-22(28-21)18(11-24-23)20-9-15-6-7-17(30-2)10-19(15)27-20/h3-12,27H,1-2H3,(H,24,25)(H,26,29). The molecule has 3 aromatic heterocycles. The summed E-state index contributed by atoms with van der Waals surface area (Å²) < 4.78 is 5.32. The number of amides is 1. The fraction of sp³-hybridized carbons (Fsp3) is 0.0870. The molecule has 0 aliphatic heterocycles. The third-order valence-corrected chi connectivity index (χ3v) is 4.98. The zero-order valence-electron chi connectivity index (χ0n) is 16.5. The molecule has 7 nitrogen and oxygen atoms in total. The van der Waals surface area contributed by atoms with Crippen molar-refractivity contribution in [2.45, 2.75) is 6.92 Å². The minimum Gasteiger partial charge on any atom is -0.497 e. The molecule has 5 rings (SSSR count). The summed E-state index contributed by atoms with van der Waals surface area (Å²) in [5.74, 6) is 0.688. The van der Waals surface area contributed by atoms with Crippen molar-refractivity contribution in [1.29, 1.82) is 0 Å². The molecular weight excluding hydrogens is 378 g/mol. The van der Waals surface area contributed by atoms with E-state index in [0.29, 0.717) is 5.65 Å². The number of aromatic amines is 2. The molecule has 148 valence electrons. The van der Waals surface area contributed by atoms with E-state index in [1.807, 2.05) is 48.7 Å². The van der Waals surface area contributed by atoms with Crippen LogP contribution in [-0.2, 0) is 4.79 Å². The van der Waals surface area contributed by atoms with E-state index >= 15 is 0 Å². The number of anilines is 1. The van der Waals surface area contributed by atoms with Crippen molar-refractivity contribution in [3.63, 3.8) is 0 Å². The summed E-state index contributed by atoms with van der Waals surface area (Å²) in [6, 6.07) is 15.6. The summed E-state index contributed by atoms with van der Waals surface area (Å²) in [5, 5.41) is 3.89. The predicted octanol–water partition coefficient (Wildman–Crippen LogP) is 4.74. The molecule has 1 amide bonds. The van der Waals surface area contributed by atoms with E-state index in [1.54, 1.807) is 13.3 Å². The van der Waals surface area contributed by atoms with Crippen LogP contribution < -0.4 is 10.1 Å². The first-order valence-electron chi connectivity index (χ1n) is 9.50. The topological polar surface area (TPSA) is 95.7 Å². The first-order valence-corrected chi connectivity index (χ1v) is 9.50. The molecule has 0 spiro atoms. The maximum absolute atomic E-state index is 11.4. The molecule has 0 bridgehead atoms. The molecule has 0 aliphatic carbocycles. The van der Waals surface area contributed by atoms with Gasteiger partial charge in [0.2, 0.25) is 5.91 Å². The molecule has 30 heavy (non-hydrogen) atoms. The van der Waals surface area contributed by atoms with Crippen LogP contribution in [-0.4, -0.2) is 33.0 Å². The van der Waals surface area contributed by atoms with Crippen molar-refractivity contribution >= 4 is 33.7 Å². The number of fused-ring (bicyclic) bond motifs is 2. The summed E-state index contributed by atoms with van der Waals surface area (Å²) >= 11 is 0. The number of benzene rings is 2. The minimum absolute atomic E-state index is 0.114. The lowest BCUT2D eigenvalue weighted by atomic mass is 10.1. The maximum Gasteiger partial charge on any atom is 0.221 e. The van der Waals surface area contributed by atoms with Crippen molar-refractivity contribution in [2.75, 3.05) is 12.4 Å². The van der Waals surface area contributed by atoms with Crippen LogP contribution in [0.2, 0.25) is 0 Å². The van der Waals surface area contributed by atoms with E-state index in [0.717, 1.165) is 50.4 Å². The van der Waals surface area contributed by atoms with E-state index in [2.05, 4.69) is 26.3 Å². The van der Waals surface area contributed by atoms with E-state index in [4.69, 9.17) is 9.72 Å². The van der Waals surface area contributed by atoms with E-state index in [1.165, 1.54) is 6.92 Å². The number of hydrogen-bond acceptors (Lipinski definition) is 4. The number of H-pyrrole nitrogens is 2. The Morgan fingerprint density at radius 2 is 2.03 bits per heavy atom. The zero-order chi connectivity index (χ0) is 20.7. The molecule has 0 radical (unpaired) electrons. The summed E-state index contributed by atoms with van der Waals surface area (Å²) in [6.07, 6.45) is 3.63. The van der Waals surface area contributed by atoms with E-state index in [-0.39, 0.29) is 5.91 Å². The molecule has 0 saturated heterocycles. The maximum atomic E-state index is 11.4. The van der Waals surface area contributed by atoms with Crippen LogP contribution in [0.25, 0.3) is 44.6 Å². The third kappa shape index (κ3) is 3.16. The van der Waals surface area contributed by atoms with E-state index in [9.17, 15) is 4.79 Å². The Morgan fingerprint density at radius 3 is 2.87 bits per heavy atom. The second-order valence-electron chi connectivity index (χ2n) is 7.05. The number of nitrogens with zero attached hydrogens (tertiary/aromatic N) is 2. The van der Waals surface area contributed by atoms with Gasteiger partial charge in [0, 0.05) is 46.9 Å². The second-order valence-corrected chi connectivity index (χ2v) is 7.05. The summed E-state index contributed by atoms with van der Waals surface area (Å²) in [7, 11) is 1.66. The first kappa shape index (κ1) is 17.9. The smallest absolute Gasteiger partial charge is 0.221 e. The quantitative estimate of drug-likeness (QED) is 0.408. The Kier molecular flexibility index (Phi) is 4.21. The van der Waals surface area contributed by atoms with Crippen LogP contribution in [0.5, 0.6) is 5.75 Å². The normalized spacial score (nSPS) is 11.1. The van der Waals surface area contributed by atoms with Crippen LogP contribution >= 0.6 is 0 Å². The van der Waals surface area contributed by atoms with Gasteiger partial charge in [-0.2, -0.15) is 0 Å². The van der Waals surface area contributed by atoms with Gasteiger partial charge in [0.05, 0.1) is 24.7 Å². The Morgan fingerprint density at radius 1 is 1.13 bits per heavy atom. The van der Waals surface area contributed by atoms with Crippen LogP contribution in [0.4, 0.5) is 5.69 Å². The lowest BCUT2D eigenvalue weighted by Crippen LogP contribution is -2.05. The van der Waals surface area contributed by atoms with Gasteiger partial charge in [-0.25, -0.2) is 9.97 Å². The van der Waals surface area contributed by atoms with Crippen molar-refractivity contribution in [2.24, 2.45) is 0 Å². The number of ether oxygens (including phenoxy) is 1. The van der Waals surface area contributed by atoms with Gasteiger partial charge in [0.15, 0.2) is 5.65 Å². The second kappa shape index (κ2) is 7.04. The Hall–Kier alpha value is -4.13. The molecule has 3 N–H and O–H groups in total. The van der Waals surface area contributed by atoms with Gasteiger partial charge < -0.3 is 20.0 Å². The van der Waals surface area contributed by atoms with Crippen molar-refractivity contribution in [1.82, 2.24) is 19.9 Å². The molecule has 0 saturated carbocycles. The highest BCUT2D eigenvalue weighted by molar-refractivity contribution is 5.95. The monoisotopic (exact) mass is 397 g/mol. The highest BCUT2D eigenvalue weighted by Gasteiger charge is 2.13. The molecule has 0 unspecified atom stereocenters. The highest BCUT2D eigenvalue weighted by Crippen LogP contribution is 2.31. The lowest BCUT2D eigenvalue weighted by Gasteiger charge is -2.06. The number of hydrogen-bond donors (Lipinski definition) is 3. The third-order valence-electron chi connectivity index (χ3n) is 4.98. The van der Waals surface area contributed by atoms with Crippen LogP contribution in [0, 0.1) is 0 Å². The Balaban J connectivity index is 1.59. The van der Waals surface area contributed by atoms with Crippen LogP contribution in [0.3, 0.4) is 0 Å². The number of rotatable bonds is 4. The average Bonchev–Trinajstić information content (AvgIpc) is 3.36. The van der Waals surface area contributed by atoms with Crippen LogP contribution in [0.15, 0.2) is 60.9 Å². The summed E-state index contributed by atoms with van der Waals surface area (Å²) in [6.45, 7) is 1.49. The van der Waals surface area contributed by atoms with Crippen LogP contribution in [0.1, 0.15) is 6.92 Å². The highest BCUT2D eigenvalue weighted by atomic mass is 16.5. The predicted molar refractivity (Wildman–Crippen MR) is 117 cm³/mol. The number of nitrogens with one attached hydrogen (secondary N) is 3. The molecule has 0 atom stereocenters. The van der Waals surface area contributed by atoms with Crippen molar-refractivity contribution in [3.05, 3.63) is 60.9 Å². The largest absolute Gasteiger partial charge is 0.497 e. The van der Waals surface area contributed by atoms with Gasteiger partial charge in [0.25, 0.3) is 0 Å².